The van der Waals surface area contributed by atoms with E-state index in [-0.39, 0.29) is 48.2 Å². The van der Waals surface area contributed by atoms with Gasteiger partial charge < -0.3 is 4.74 Å². The summed E-state index contributed by atoms with van der Waals surface area (Å²) in [6.45, 7) is -0.312. The zero-order valence-corrected chi connectivity index (χ0v) is 21.8. The number of fused-ring (bicyclic) bond motifs is 3. The summed E-state index contributed by atoms with van der Waals surface area (Å²) in [6, 6.07) is 8.05. The fraction of sp³-hybridized carbons (Fsp3) is 0.500. The van der Waals surface area contributed by atoms with Crippen molar-refractivity contribution < 1.29 is 19.1 Å². The van der Waals surface area contributed by atoms with Crippen molar-refractivity contribution in [2.24, 2.45) is 28.8 Å². The summed E-state index contributed by atoms with van der Waals surface area (Å²) in [7, 11) is 0. The third-order valence-electron chi connectivity index (χ3n) is 8.17. The van der Waals surface area contributed by atoms with Crippen LogP contribution in [0.1, 0.15) is 67.2 Å². The molecule has 4 atom stereocenters. The number of allylic oxidation sites excluding steroid dienone is 1. The van der Waals surface area contributed by atoms with Crippen LogP contribution in [0.3, 0.4) is 0 Å². The predicted molar refractivity (Wildman–Crippen MR) is 140 cm³/mol. The van der Waals surface area contributed by atoms with Gasteiger partial charge in [0.25, 0.3) is 5.91 Å². The number of ether oxygens (including phenoxy) is 1. The van der Waals surface area contributed by atoms with Crippen LogP contribution >= 0.6 is 22.7 Å². The molecule has 2 aromatic rings. The standard InChI is InChI=1S/C28H30N2O4S2/c31-24(16-34-28(33)20-13-18-6-1-7-19(14-20)27(18)32)30-26(23-10-4-12-36-23)22-9-2-5-17(25(22)29-30)15-21-8-3-11-35-21/h3-4,8,10-12,15,18-20,22,26H,1-2,5-7,9,13-14,16H2/b17-15+/t18-,19-,22+,26-/m0/s1. The van der Waals surface area contributed by atoms with Crippen molar-refractivity contribution in [1.29, 1.82) is 0 Å². The molecule has 36 heavy (non-hydrogen) atoms. The van der Waals surface area contributed by atoms with Crippen LogP contribution in [0.15, 0.2) is 45.7 Å². The molecular weight excluding hydrogens is 492 g/mol. The molecule has 188 valence electrons. The fourth-order valence-corrected chi connectivity index (χ4v) is 8.04. The molecule has 0 aromatic carbocycles. The zero-order valence-electron chi connectivity index (χ0n) is 20.1. The smallest absolute Gasteiger partial charge is 0.309 e. The van der Waals surface area contributed by atoms with Crippen LogP contribution in [0.25, 0.3) is 6.08 Å². The number of nitrogens with zero attached hydrogens (tertiary/aromatic N) is 2. The Morgan fingerprint density at radius 3 is 2.56 bits per heavy atom. The molecule has 4 aliphatic rings. The number of Topliss-reactive ketones (excluding diaryl/α,β-unsaturated/α-hetero) is 1. The molecule has 0 unspecified atom stereocenters. The second-order valence-corrected chi connectivity index (χ2v) is 12.3. The maximum atomic E-state index is 13.4. The molecular formula is C28H30N2O4S2. The first kappa shape index (κ1) is 23.8. The Hall–Kier alpha value is -2.58. The van der Waals surface area contributed by atoms with Crippen LogP contribution < -0.4 is 0 Å². The van der Waals surface area contributed by atoms with E-state index in [1.807, 2.05) is 17.5 Å². The Morgan fingerprint density at radius 2 is 1.83 bits per heavy atom. The van der Waals surface area contributed by atoms with Crippen molar-refractivity contribution >= 4 is 52.1 Å². The molecule has 6 nitrogen and oxygen atoms in total. The number of carbonyl (C=O) groups excluding carboxylic acids is 3. The maximum absolute atomic E-state index is 13.4. The predicted octanol–water partition coefficient (Wildman–Crippen LogP) is 5.87. The Labute approximate surface area is 219 Å². The highest BCUT2D eigenvalue weighted by atomic mass is 32.1. The summed E-state index contributed by atoms with van der Waals surface area (Å²) in [5, 5.41) is 10.5. The molecule has 1 amide bonds. The zero-order chi connectivity index (χ0) is 24.6. The van der Waals surface area contributed by atoms with Crippen LogP contribution in [0, 0.1) is 23.7 Å². The quantitative estimate of drug-likeness (QED) is 0.460. The Morgan fingerprint density at radius 1 is 1.06 bits per heavy atom. The van der Waals surface area contributed by atoms with Crippen molar-refractivity contribution in [3.8, 4) is 0 Å². The number of hydrazone groups is 1. The van der Waals surface area contributed by atoms with Gasteiger partial charge >= 0.3 is 5.97 Å². The lowest BCUT2D eigenvalue weighted by Gasteiger charge is -2.36. The average molecular weight is 523 g/mol. The van der Waals surface area contributed by atoms with Crippen LogP contribution in [-0.2, 0) is 19.1 Å². The number of hydrogen-bond acceptors (Lipinski definition) is 7. The van der Waals surface area contributed by atoms with E-state index >= 15 is 0 Å². The molecule has 8 heteroatoms. The highest BCUT2D eigenvalue weighted by Crippen LogP contribution is 2.46. The van der Waals surface area contributed by atoms with Crippen LogP contribution in [0.2, 0.25) is 0 Å². The number of rotatable bonds is 5. The molecule has 3 heterocycles. The Balaban J connectivity index is 1.19. The second-order valence-electron chi connectivity index (χ2n) is 10.4. The topological polar surface area (TPSA) is 76.0 Å². The lowest BCUT2D eigenvalue weighted by Crippen LogP contribution is -2.40. The molecule has 3 aliphatic carbocycles. The summed E-state index contributed by atoms with van der Waals surface area (Å²) in [4.78, 5) is 41.0. The highest BCUT2D eigenvalue weighted by Gasteiger charge is 2.45. The number of hydrogen-bond donors (Lipinski definition) is 0. The third kappa shape index (κ3) is 4.50. The molecule has 0 spiro atoms. The first-order valence-corrected chi connectivity index (χ1v) is 14.7. The molecule has 1 aliphatic heterocycles. The number of esters is 1. The van der Waals surface area contributed by atoms with E-state index in [1.165, 1.54) is 10.5 Å². The lowest BCUT2D eigenvalue weighted by molar-refractivity contribution is -0.159. The monoisotopic (exact) mass is 522 g/mol. The van der Waals surface area contributed by atoms with E-state index in [4.69, 9.17) is 9.84 Å². The molecule has 0 saturated heterocycles. The number of ketones is 1. The van der Waals surface area contributed by atoms with E-state index in [1.54, 1.807) is 27.7 Å². The lowest BCUT2D eigenvalue weighted by atomic mass is 9.67. The molecule has 3 saturated carbocycles. The van der Waals surface area contributed by atoms with Gasteiger partial charge in [0.1, 0.15) is 5.78 Å². The van der Waals surface area contributed by atoms with Gasteiger partial charge in [0, 0.05) is 27.5 Å². The van der Waals surface area contributed by atoms with Crippen molar-refractivity contribution in [3.63, 3.8) is 0 Å². The maximum Gasteiger partial charge on any atom is 0.309 e. The van der Waals surface area contributed by atoms with Gasteiger partial charge in [-0.3, -0.25) is 14.4 Å². The first-order chi connectivity index (χ1) is 17.6. The van der Waals surface area contributed by atoms with Gasteiger partial charge in [-0.1, -0.05) is 18.6 Å². The van der Waals surface area contributed by atoms with Gasteiger partial charge in [-0.15, -0.1) is 22.7 Å². The largest absolute Gasteiger partial charge is 0.455 e. The molecule has 6 rings (SSSR count). The SMILES string of the molecule is O=C(OCC(=O)N1N=C2/C(=C/c3cccs3)CCC[C@H]2[C@H]1c1cccs1)C1C[C@@H]2CCC[C@@H](C1)C2=O. The molecule has 2 aromatic heterocycles. The van der Waals surface area contributed by atoms with Crippen molar-refractivity contribution in [1.82, 2.24) is 5.01 Å². The Bertz CT molecular complexity index is 1180. The third-order valence-corrected chi connectivity index (χ3v) is 9.93. The number of carbonyl (C=O) groups is 3. The van der Waals surface area contributed by atoms with Gasteiger partial charge in [-0.05, 0) is 79.5 Å². The van der Waals surface area contributed by atoms with Gasteiger partial charge in [-0.2, -0.15) is 5.10 Å². The van der Waals surface area contributed by atoms with Crippen molar-refractivity contribution in [2.45, 2.75) is 57.4 Å². The summed E-state index contributed by atoms with van der Waals surface area (Å²) < 4.78 is 5.57. The van der Waals surface area contributed by atoms with Crippen LogP contribution in [0.5, 0.6) is 0 Å². The van der Waals surface area contributed by atoms with Gasteiger partial charge in [0.15, 0.2) is 6.61 Å². The minimum Gasteiger partial charge on any atom is -0.455 e. The molecule has 2 bridgehead atoms. The number of thiophene rings is 2. The normalized spacial score (nSPS) is 30.7. The van der Waals surface area contributed by atoms with Gasteiger partial charge in [0.2, 0.25) is 0 Å². The summed E-state index contributed by atoms with van der Waals surface area (Å²) in [6.07, 6.45) is 9.11. The van der Waals surface area contributed by atoms with Crippen LogP contribution in [0.4, 0.5) is 0 Å². The minimum absolute atomic E-state index is 0.0179. The van der Waals surface area contributed by atoms with E-state index in [0.717, 1.165) is 49.1 Å². The van der Waals surface area contributed by atoms with Crippen molar-refractivity contribution in [3.05, 3.63) is 50.4 Å². The fourth-order valence-electron chi connectivity index (χ4n) is 6.48. The van der Waals surface area contributed by atoms with Gasteiger partial charge in [0.05, 0.1) is 17.7 Å². The van der Waals surface area contributed by atoms with E-state index in [9.17, 15) is 14.4 Å². The van der Waals surface area contributed by atoms with Crippen molar-refractivity contribution in [2.75, 3.05) is 6.61 Å². The first-order valence-electron chi connectivity index (χ1n) is 13.0. The molecule has 0 N–H and O–H groups in total. The Kier molecular flexibility index (Phi) is 6.65. The average Bonchev–Trinajstić information content (AvgIpc) is 3.63. The second kappa shape index (κ2) is 10.1. The molecule has 0 radical (unpaired) electrons. The molecule has 3 fully saturated rings. The number of amides is 1. The van der Waals surface area contributed by atoms with E-state index in [0.29, 0.717) is 18.6 Å². The summed E-state index contributed by atoms with van der Waals surface area (Å²) in [5.41, 5.74) is 2.19. The minimum atomic E-state index is -0.344. The summed E-state index contributed by atoms with van der Waals surface area (Å²) in [5.74, 6) is -0.485. The van der Waals surface area contributed by atoms with E-state index in [2.05, 4.69) is 23.6 Å². The van der Waals surface area contributed by atoms with Crippen LogP contribution in [-0.4, -0.2) is 35.0 Å². The van der Waals surface area contributed by atoms with E-state index < -0.39 is 0 Å². The highest BCUT2D eigenvalue weighted by molar-refractivity contribution is 7.11. The van der Waals surface area contributed by atoms with Gasteiger partial charge in [-0.25, -0.2) is 5.01 Å². The summed E-state index contributed by atoms with van der Waals surface area (Å²) >= 11 is 3.33.